The van der Waals surface area contributed by atoms with Crippen LogP contribution in [0.2, 0.25) is 0 Å². The van der Waals surface area contributed by atoms with Crippen LogP contribution in [-0.2, 0) is 0 Å². The Labute approximate surface area is 127 Å². The minimum Gasteiger partial charge on any atom is -0.451 e. The Bertz CT molecular complexity index is 710. The molecule has 22 heavy (non-hydrogen) atoms. The van der Waals surface area contributed by atoms with Crippen molar-refractivity contribution >= 4 is 12.1 Å². The van der Waals surface area contributed by atoms with Gasteiger partial charge < -0.3 is 9.64 Å². The van der Waals surface area contributed by atoms with E-state index in [0.29, 0.717) is 17.9 Å². The summed E-state index contributed by atoms with van der Waals surface area (Å²) in [4.78, 5) is 21.4. The molecule has 0 amide bonds. The van der Waals surface area contributed by atoms with Gasteiger partial charge in [-0.1, -0.05) is 13.8 Å². The number of carbonyl (C=O) groups is 1. The standard InChI is InChI=1S/C16H16FN3O2/c1-16(2)8-20(9-16)15-14(6-18-10-19-15)22-13-4-3-12(17)5-11(13)7-21/h3-7,10H,8-9H2,1-2H3. The molecule has 2 aromatic rings. The highest BCUT2D eigenvalue weighted by Gasteiger charge is 2.36. The first-order chi connectivity index (χ1) is 10.5. The monoisotopic (exact) mass is 301 g/mol. The van der Waals surface area contributed by atoms with E-state index in [-0.39, 0.29) is 16.7 Å². The number of aldehydes is 1. The summed E-state index contributed by atoms with van der Waals surface area (Å²) in [7, 11) is 0. The van der Waals surface area contributed by atoms with Crippen molar-refractivity contribution in [3.63, 3.8) is 0 Å². The molecule has 5 nitrogen and oxygen atoms in total. The highest BCUT2D eigenvalue weighted by atomic mass is 19.1. The van der Waals surface area contributed by atoms with E-state index in [1.807, 2.05) is 0 Å². The van der Waals surface area contributed by atoms with Gasteiger partial charge in [0.25, 0.3) is 0 Å². The van der Waals surface area contributed by atoms with E-state index in [1.165, 1.54) is 18.5 Å². The highest BCUT2D eigenvalue weighted by Crippen LogP contribution is 2.38. The first-order valence-electron chi connectivity index (χ1n) is 6.96. The number of nitrogens with zero attached hydrogens (tertiary/aromatic N) is 3. The van der Waals surface area contributed by atoms with E-state index in [1.54, 1.807) is 6.20 Å². The predicted octanol–water partition coefficient (Wildman–Crippen LogP) is 3.07. The number of anilines is 1. The van der Waals surface area contributed by atoms with Crippen molar-refractivity contribution in [2.24, 2.45) is 5.41 Å². The van der Waals surface area contributed by atoms with Crippen molar-refractivity contribution in [2.45, 2.75) is 13.8 Å². The molecule has 0 atom stereocenters. The van der Waals surface area contributed by atoms with Gasteiger partial charge in [-0.15, -0.1) is 0 Å². The van der Waals surface area contributed by atoms with E-state index < -0.39 is 5.82 Å². The first kappa shape index (κ1) is 14.4. The highest BCUT2D eigenvalue weighted by molar-refractivity contribution is 5.79. The fourth-order valence-corrected chi connectivity index (χ4v) is 2.58. The second-order valence-electron chi connectivity index (χ2n) is 6.13. The normalized spacial score (nSPS) is 16.0. The summed E-state index contributed by atoms with van der Waals surface area (Å²) in [6, 6.07) is 3.81. The number of ether oxygens (including phenoxy) is 1. The van der Waals surface area contributed by atoms with Crippen LogP contribution in [0.3, 0.4) is 0 Å². The SMILES string of the molecule is CC1(C)CN(c2ncncc2Oc2ccc(F)cc2C=O)C1. The molecule has 0 bridgehead atoms. The summed E-state index contributed by atoms with van der Waals surface area (Å²) < 4.78 is 18.9. The Balaban J connectivity index is 1.89. The molecule has 1 fully saturated rings. The second kappa shape index (κ2) is 5.36. The Morgan fingerprint density at radius 3 is 2.77 bits per heavy atom. The second-order valence-corrected chi connectivity index (χ2v) is 6.13. The van der Waals surface area contributed by atoms with Gasteiger partial charge in [-0.05, 0) is 23.6 Å². The molecule has 1 aliphatic heterocycles. The topological polar surface area (TPSA) is 55.3 Å². The van der Waals surface area contributed by atoms with Crippen molar-refractivity contribution in [3.05, 3.63) is 42.1 Å². The zero-order chi connectivity index (χ0) is 15.7. The van der Waals surface area contributed by atoms with Crippen molar-refractivity contribution in [1.82, 2.24) is 9.97 Å². The molecule has 1 saturated heterocycles. The van der Waals surface area contributed by atoms with Gasteiger partial charge in [-0.25, -0.2) is 14.4 Å². The van der Waals surface area contributed by atoms with Crippen LogP contribution < -0.4 is 9.64 Å². The number of aromatic nitrogens is 2. The minimum atomic E-state index is -0.483. The summed E-state index contributed by atoms with van der Waals surface area (Å²) in [5.41, 5.74) is 0.394. The Kier molecular flexibility index (Phi) is 3.52. The lowest BCUT2D eigenvalue weighted by molar-refractivity contribution is 0.112. The predicted molar refractivity (Wildman–Crippen MR) is 79.9 cm³/mol. The van der Waals surface area contributed by atoms with Gasteiger partial charge >= 0.3 is 0 Å². The summed E-state index contributed by atoms with van der Waals surface area (Å²) in [5, 5.41) is 0. The smallest absolute Gasteiger partial charge is 0.188 e. The van der Waals surface area contributed by atoms with Crippen LogP contribution in [0.25, 0.3) is 0 Å². The molecule has 0 aliphatic carbocycles. The fourth-order valence-electron chi connectivity index (χ4n) is 2.58. The van der Waals surface area contributed by atoms with Crippen LogP contribution >= 0.6 is 0 Å². The van der Waals surface area contributed by atoms with Gasteiger partial charge in [0.2, 0.25) is 0 Å². The zero-order valence-corrected chi connectivity index (χ0v) is 12.4. The maximum atomic E-state index is 13.2. The van der Waals surface area contributed by atoms with E-state index >= 15 is 0 Å². The fraction of sp³-hybridized carbons (Fsp3) is 0.312. The van der Waals surface area contributed by atoms with Crippen LogP contribution in [0.15, 0.2) is 30.7 Å². The van der Waals surface area contributed by atoms with Crippen LogP contribution in [0.5, 0.6) is 11.5 Å². The molecule has 0 unspecified atom stereocenters. The summed E-state index contributed by atoms with van der Waals surface area (Å²) in [5.74, 6) is 0.930. The lowest BCUT2D eigenvalue weighted by Gasteiger charge is -2.46. The molecule has 0 N–H and O–H groups in total. The Morgan fingerprint density at radius 2 is 2.09 bits per heavy atom. The molecule has 2 heterocycles. The number of hydrogen-bond donors (Lipinski definition) is 0. The molecule has 114 valence electrons. The number of benzene rings is 1. The van der Waals surface area contributed by atoms with Crippen LogP contribution in [0, 0.1) is 11.2 Å². The van der Waals surface area contributed by atoms with Gasteiger partial charge in [0.1, 0.15) is 17.9 Å². The van der Waals surface area contributed by atoms with E-state index in [2.05, 4.69) is 28.7 Å². The molecule has 1 aromatic heterocycles. The number of carbonyl (C=O) groups excluding carboxylic acids is 1. The molecule has 6 heteroatoms. The van der Waals surface area contributed by atoms with E-state index in [0.717, 1.165) is 19.2 Å². The average molecular weight is 301 g/mol. The molecular formula is C16H16FN3O2. The van der Waals surface area contributed by atoms with Gasteiger partial charge in [0, 0.05) is 13.1 Å². The summed E-state index contributed by atoms with van der Waals surface area (Å²) in [6.07, 6.45) is 3.57. The number of hydrogen-bond acceptors (Lipinski definition) is 5. The van der Waals surface area contributed by atoms with Crippen LogP contribution in [0.4, 0.5) is 10.2 Å². The molecule has 0 radical (unpaired) electrons. The Hall–Kier alpha value is -2.50. The van der Waals surface area contributed by atoms with E-state index in [4.69, 9.17) is 4.74 Å². The number of halogens is 1. The first-order valence-corrected chi connectivity index (χ1v) is 6.96. The van der Waals surface area contributed by atoms with Crippen molar-refractivity contribution in [1.29, 1.82) is 0 Å². The lowest BCUT2D eigenvalue weighted by atomic mass is 9.84. The zero-order valence-electron chi connectivity index (χ0n) is 12.4. The molecule has 0 spiro atoms. The quantitative estimate of drug-likeness (QED) is 0.812. The molecule has 3 rings (SSSR count). The average Bonchev–Trinajstić information content (AvgIpc) is 2.47. The van der Waals surface area contributed by atoms with Crippen molar-refractivity contribution in [2.75, 3.05) is 18.0 Å². The van der Waals surface area contributed by atoms with Gasteiger partial charge in [0.15, 0.2) is 17.9 Å². The van der Waals surface area contributed by atoms with Gasteiger partial charge in [-0.2, -0.15) is 0 Å². The third kappa shape index (κ3) is 2.77. The Morgan fingerprint density at radius 1 is 1.32 bits per heavy atom. The van der Waals surface area contributed by atoms with Gasteiger partial charge in [-0.3, -0.25) is 4.79 Å². The third-order valence-electron chi connectivity index (χ3n) is 3.51. The maximum Gasteiger partial charge on any atom is 0.188 e. The van der Waals surface area contributed by atoms with Crippen molar-refractivity contribution in [3.8, 4) is 11.5 Å². The minimum absolute atomic E-state index is 0.152. The third-order valence-corrected chi connectivity index (χ3v) is 3.51. The summed E-state index contributed by atoms with van der Waals surface area (Å²) >= 11 is 0. The molecule has 1 aromatic carbocycles. The maximum absolute atomic E-state index is 13.2. The molecule has 0 saturated carbocycles. The largest absolute Gasteiger partial charge is 0.451 e. The van der Waals surface area contributed by atoms with Crippen molar-refractivity contribution < 1.29 is 13.9 Å². The number of rotatable bonds is 4. The molecular weight excluding hydrogens is 285 g/mol. The van der Waals surface area contributed by atoms with Crippen LogP contribution in [0.1, 0.15) is 24.2 Å². The van der Waals surface area contributed by atoms with E-state index in [9.17, 15) is 9.18 Å². The molecule has 1 aliphatic rings. The van der Waals surface area contributed by atoms with Gasteiger partial charge in [0.05, 0.1) is 11.8 Å². The lowest BCUT2D eigenvalue weighted by Crippen LogP contribution is -2.53. The van der Waals surface area contributed by atoms with Crippen LogP contribution in [-0.4, -0.2) is 29.3 Å². The summed E-state index contributed by atoms with van der Waals surface area (Å²) in [6.45, 7) is 6.08.